The Kier molecular flexibility index (Phi) is 2.71. The van der Waals surface area contributed by atoms with E-state index in [9.17, 15) is 0 Å². The maximum absolute atomic E-state index is 5.94. The van der Waals surface area contributed by atoms with E-state index in [0.29, 0.717) is 10.2 Å². The molecule has 1 aromatic heterocycles. The lowest BCUT2D eigenvalue weighted by Gasteiger charge is -2.02. The van der Waals surface area contributed by atoms with Crippen molar-refractivity contribution in [3.8, 4) is 11.1 Å². The van der Waals surface area contributed by atoms with Crippen molar-refractivity contribution >= 4 is 23.2 Å². The number of rotatable bonds is 1. The van der Waals surface area contributed by atoms with Crippen molar-refractivity contribution in [2.45, 2.75) is 0 Å². The van der Waals surface area contributed by atoms with E-state index in [1.807, 2.05) is 18.2 Å². The average Bonchev–Trinajstić information content (AvgIpc) is 2.18. The van der Waals surface area contributed by atoms with Gasteiger partial charge in [-0.3, -0.25) is 0 Å². The van der Waals surface area contributed by atoms with E-state index in [4.69, 9.17) is 23.2 Å². The summed E-state index contributed by atoms with van der Waals surface area (Å²) in [6.45, 7) is 0. The van der Waals surface area contributed by atoms with Crippen molar-refractivity contribution < 1.29 is 0 Å². The summed E-state index contributed by atoms with van der Waals surface area (Å²) >= 11 is 11.8. The fourth-order valence-electron chi connectivity index (χ4n) is 1.18. The number of hydrogen-bond acceptors (Lipinski definition) is 1. The van der Waals surface area contributed by atoms with Crippen LogP contribution in [0.5, 0.6) is 0 Å². The molecule has 0 N–H and O–H groups in total. The number of benzene rings is 1. The second-order valence-corrected chi connectivity index (χ2v) is 3.56. The second-order valence-electron chi connectivity index (χ2n) is 2.76. The quantitative estimate of drug-likeness (QED) is 0.669. The molecule has 1 nitrogen and oxygen atoms in total. The molecule has 0 fully saturated rings. The minimum atomic E-state index is 0.464. The van der Waals surface area contributed by atoms with Gasteiger partial charge >= 0.3 is 0 Å². The van der Waals surface area contributed by atoms with Crippen molar-refractivity contribution in [3.63, 3.8) is 0 Å². The minimum Gasteiger partial charge on any atom is -0.244 e. The zero-order valence-electron chi connectivity index (χ0n) is 7.17. The highest BCUT2D eigenvalue weighted by Gasteiger charge is 2.03. The number of hydrogen-bond donors (Lipinski definition) is 0. The molecule has 0 atom stereocenters. The third-order valence-electron chi connectivity index (χ3n) is 1.81. The Balaban J connectivity index is 2.55. The number of aromatic nitrogens is 1. The highest BCUT2D eigenvalue weighted by Crippen LogP contribution is 2.26. The van der Waals surface area contributed by atoms with Crippen LogP contribution < -0.4 is 0 Å². The standard InChI is InChI=1S/C11H6Cl2N/c12-9-4-1-3-8(7-9)10-5-2-6-14-11(10)13/h1-2,4-7H. The molecule has 2 rings (SSSR count). The van der Waals surface area contributed by atoms with Crippen molar-refractivity contribution in [2.75, 3.05) is 0 Å². The van der Waals surface area contributed by atoms with E-state index >= 15 is 0 Å². The van der Waals surface area contributed by atoms with Gasteiger partial charge in [0.1, 0.15) is 5.15 Å². The Hall–Kier alpha value is -1.05. The molecule has 0 aliphatic carbocycles. The number of nitrogens with zero attached hydrogens (tertiary/aromatic N) is 1. The highest BCUT2D eigenvalue weighted by atomic mass is 35.5. The molecule has 69 valence electrons. The molecular weight excluding hydrogens is 217 g/mol. The van der Waals surface area contributed by atoms with E-state index in [1.165, 1.54) is 0 Å². The first kappa shape index (κ1) is 9.50. The number of halogens is 2. The van der Waals surface area contributed by atoms with Gasteiger partial charge in [-0.15, -0.1) is 0 Å². The van der Waals surface area contributed by atoms with Crippen LogP contribution in [0.4, 0.5) is 0 Å². The maximum atomic E-state index is 5.94. The van der Waals surface area contributed by atoms with Crippen molar-refractivity contribution in [1.29, 1.82) is 0 Å². The molecular formula is C11H6Cl2N. The van der Waals surface area contributed by atoms with Gasteiger partial charge in [0.05, 0.1) is 0 Å². The summed E-state index contributed by atoms with van der Waals surface area (Å²) in [7, 11) is 0. The van der Waals surface area contributed by atoms with Crippen LogP contribution >= 0.6 is 23.2 Å². The van der Waals surface area contributed by atoms with Gasteiger partial charge < -0.3 is 0 Å². The van der Waals surface area contributed by atoms with Crippen LogP contribution in [-0.4, -0.2) is 4.98 Å². The molecule has 0 aliphatic rings. The summed E-state index contributed by atoms with van der Waals surface area (Å²) in [6.07, 6.45) is 1.65. The van der Waals surface area contributed by atoms with E-state index < -0.39 is 0 Å². The van der Waals surface area contributed by atoms with Crippen molar-refractivity contribution in [3.05, 3.63) is 52.8 Å². The summed E-state index contributed by atoms with van der Waals surface area (Å²) < 4.78 is 0. The van der Waals surface area contributed by atoms with Crippen LogP contribution in [0.25, 0.3) is 11.1 Å². The Labute approximate surface area is 92.3 Å². The first-order valence-electron chi connectivity index (χ1n) is 4.05. The van der Waals surface area contributed by atoms with Gasteiger partial charge in [0.15, 0.2) is 0 Å². The first-order valence-corrected chi connectivity index (χ1v) is 4.81. The molecule has 3 heteroatoms. The molecule has 0 bridgehead atoms. The topological polar surface area (TPSA) is 12.9 Å². The van der Waals surface area contributed by atoms with Crippen LogP contribution in [0.3, 0.4) is 0 Å². The molecule has 0 saturated heterocycles. The lowest BCUT2D eigenvalue weighted by atomic mass is 10.1. The first-order chi connectivity index (χ1) is 6.77. The van der Waals surface area contributed by atoms with Gasteiger partial charge in [0.25, 0.3) is 0 Å². The zero-order chi connectivity index (χ0) is 9.97. The predicted molar refractivity (Wildman–Crippen MR) is 58.5 cm³/mol. The van der Waals surface area contributed by atoms with Crippen molar-refractivity contribution in [2.24, 2.45) is 0 Å². The predicted octanol–water partition coefficient (Wildman–Crippen LogP) is 3.86. The SMILES string of the molecule is Clc1cc[c]c(-c2cccnc2Cl)c1. The third kappa shape index (κ3) is 1.89. The Morgan fingerprint density at radius 3 is 2.79 bits per heavy atom. The Morgan fingerprint density at radius 2 is 2.07 bits per heavy atom. The zero-order valence-corrected chi connectivity index (χ0v) is 8.68. The Morgan fingerprint density at radius 1 is 1.21 bits per heavy atom. The summed E-state index contributed by atoms with van der Waals surface area (Å²) in [5, 5.41) is 1.13. The van der Waals surface area contributed by atoms with Crippen LogP contribution in [0, 0.1) is 6.07 Å². The van der Waals surface area contributed by atoms with E-state index in [1.54, 1.807) is 18.3 Å². The molecule has 0 saturated carbocycles. The summed E-state index contributed by atoms with van der Waals surface area (Å²) in [4.78, 5) is 3.99. The second kappa shape index (κ2) is 3.99. The molecule has 0 spiro atoms. The molecule has 14 heavy (non-hydrogen) atoms. The van der Waals surface area contributed by atoms with Crippen LogP contribution in [0.15, 0.2) is 36.5 Å². The highest BCUT2D eigenvalue weighted by molar-refractivity contribution is 6.32. The average molecular weight is 223 g/mol. The fraction of sp³-hybridized carbons (Fsp3) is 0. The van der Waals surface area contributed by atoms with Gasteiger partial charge in [0, 0.05) is 16.8 Å². The van der Waals surface area contributed by atoms with Gasteiger partial charge in [-0.05, 0) is 35.9 Å². The molecule has 0 aliphatic heterocycles. The largest absolute Gasteiger partial charge is 0.244 e. The summed E-state index contributed by atoms with van der Waals surface area (Å²) in [6, 6.07) is 12.1. The summed E-state index contributed by atoms with van der Waals surface area (Å²) in [5.74, 6) is 0. The van der Waals surface area contributed by atoms with Crippen LogP contribution in [0.1, 0.15) is 0 Å². The Bertz CT molecular complexity index is 455. The molecule has 1 radical (unpaired) electrons. The molecule has 2 aromatic rings. The molecule has 0 unspecified atom stereocenters. The van der Waals surface area contributed by atoms with Gasteiger partial charge in [0.2, 0.25) is 0 Å². The van der Waals surface area contributed by atoms with Gasteiger partial charge in [-0.25, -0.2) is 4.98 Å². The minimum absolute atomic E-state index is 0.464. The van der Waals surface area contributed by atoms with E-state index in [-0.39, 0.29) is 0 Å². The smallest absolute Gasteiger partial charge is 0.136 e. The number of pyridine rings is 1. The van der Waals surface area contributed by atoms with Crippen LogP contribution in [0.2, 0.25) is 10.2 Å². The summed E-state index contributed by atoms with van der Waals surface area (Å²) in [5.41, 5.74) is 1.70. The third-order valence-corrected chi connectivity index (χ3v) is 2.35. The van der Waals surface area contributed by atoms with Crippen molar-refractivity contribution in [1.82, 2.24) is 4.98 Å². The van der Waals surface area contributed by atoms with E-state index in [2.05, 4.69) is 11.1 Å². The molecule has 1 heterocycles. The fourth-order valence-corrected chi connectivity index (χ4v) is 1.57. The monoisotopic (exact) mass is 222 g/mol. The van der Waals surface area contributed by atoms with Crippen LogP contribution in [-0.2, 0) is 0 Å². The molecule has 0 amide bonds. The normalized spacial score (nSPS) is 10.1. The lowest BCUT2D eigenvalue weighted by molar-refractivity contribution is 1.33. The van der Waals surface area contributed by atoms with Gasteiger partial charge in [-0.1, -0.05) is 29.3 Å². The molecule has 1 aromatic carbocycles. The lowest BCUT2D eigenvalue weighted by Crippen LogP contribution is -1.82. The van der Waals surface area contributed by atoms with Gasteiger partial charge in [-0.2, -0.15) is 0 Å². The maximum Gasteiger partial charge on any atom is 0.136 e. The van der Waals surface area contributed by atoms with E-state index in [0.717, 1.165) is 11.1 Å².